The molecule has 0 saturated carbocycles. The predicted octanol–water partition coefficient (Wildman–Crippen LogP) is 3.03. The number of Topliss-reactive ketones (excluding diaryl/α,β-unsaturated/α-hetero) is 1. The highest BCUT2D eigenvalue weighted by molar-refractivity contribution is 5.96. The van der Waals surface area contributed by atoms with Gasteiger partial charge in [-0.15, -0.1) is 0 Å². The Morgan fingerprint density at radius 1 is 1.00 bits per heavy atom. The first kappa shape index (κ1) is 17.8. The molecule has 0 aliphatic heterocycles. The number of aliphatic hydroxyl groups excluding tert-OH is 1. The minimum Gasteiger partial charge on any atom is -0.394 e. The van der Waals surface area contributed by atoms with E-state index in [0.717, 1.165) is 5.56 Å². The summed E-state index contributed by atoms with van der Waals surface area (Å²) in [6.07, 6.45) is 0.805. The minimum atomic E-state index is -0.452. The lowest BCUT2D eigenvalue weighted by Gasteiger charge is -2.16. The fourth-order valence-corrected chi connectivity index (χ4v) is 2.38. The van der Waals surface area contributed by atoms with Gasteiger partial charge in [-0.25, -0.2) is 4.39 Å². The van der Waals surface area contributed by atoms with Crippen LogP contribution in [0.3, 0.4) is 0 Å². The Balaban J connectivity index is 1.78. The molecule has 1 unspecified atom stereocenters. The minimum absolute atomic E-state index is 0.121. The van der Waals surface area contributed by atoms with E-state index in [-0.39, 0.29) is 37.0 Å². The molecule has 24 heavy (non-hydrogen) atoms. The van der Waals surface area contributed by atoms with Gasteiger partial charge in [0.25, 0.3) is 0 Å². The predicted molar refractivity (Wildman–Crippen MR) is 89.0 cm³/mol. The number of carbonyl (C=O) groups is 2. The van der Waals surface area contributed by atoms with Gasteiger partial charge < -0.3 is 10.4 Å². The van der Waals surface area contributed by atoms with E-state index in [9.17, 15) is 19.1 Å². The molecule has 2 aromatic rings. The van der Waals surface area contributed by atoms with Crippen molar-refractivity contribution in [3.8, 4) is 0 Å². The van der Waals surface area contributed by atoms with Gasteiger partial charge in [-0.2, -0.15) is 0 Å². The molecule has 5 heteroatoms. The largest absolute Gasteiger partial charge is 0.394 e. The van der Waals surface area contributed by atoms with Crippen LogP contribution < -0.4 is 5.32 Å². The average Bonchev–Trinajstić information content (AvgIpc) is 2.61. The molecular formula is C19H20FNO3. The Bertz CT molecular complexity index is 671. The molecule has 0 radical (unpaired) electrons. The van der Waals surface area contributed by atoms with Crippen LogP contribution in [0.2, 0.25) is 0 Å². The summed E-state index contributed by atoms with van der Waals surface area (Å²) in [5.74, 6) is -0.726. The first-order valence-electron chi connectivity index (χ1n) is 7.84. The molecule has 0 fully saturated rings. The van der Waals surface area contributed by atoms with Crippen LogP contribution in [-0.4, -0.2) is 23.4 Å². The van der Waals surface area contributed by atoms with Gasteiger partial charge in [0.05, 0.1) is 12.6 Å². The lowest BCUT2D eigenvalue weighted by atomic mass is 10.0. The van der Waals surface area contributed by atoms with Gasteiger partial charge in [-0.1, -0.05) is 30.3 Å². The zero-order chi connectivity index (χ0) is 17.4. The molecule has 4 nitrogen and oxygen atoms in total. The highest BCUT2D eigenvalue weighted by Gasteiger charge is 2.14. The van der Waals surface area contributed by atoms with Crippen molar-refractivity contribution in [2.24, 2.45) is 0 Å². The smallest absolute Gasteiger partial charge is 0.220 e. The number of ketones is 1. The van der Waals surface area contributed by atoms with Gasteiger partial charge in [0.2, 0.25) is 5.91 Å². The van der Waals surface area contributed by atoms with Crippen molar-refractivity contribution in [2.45, 2.75) is 25.3 Å². The number of carbonyl (C=O) groups excluding carboxylic acids is 2. The zero-order valence-corrected chi connectivity index (χ0v) is 13.2. The van der Waals surface area contributed by atoms with E-state index in [2.05, 4.69) is 5.32 Å². The van der Waals surface area contributed by atoms with Crippen molar-refractivity contribution in [3.63, 3.8) is 0 Å². The maximum Gasteiger partial charge on any atom is 0.220 e. The molecule has 1 amide bonds. The van der Waals surface area contributed by atoms with Crippen LogP contribution in [-0.2, 0) is 4.79 Å². The van der Waals surface area contributed by atoms with Crippen molar-refractivity contribution >= 4 is 11.7 Å². The average molecular weight is 329 g/mol. The monoisotopic (exact) mass is 329 g/mol. The summed E-state index contributed by atoms with van der Waals surface area (Å²) in [5.41, 5.74) is 1.27. The molecule has 0 spiro atoms. The van der Waals surface area contributed by atoms with Crippen LogP contribution in [0.15, 0.2) is 54.6 Å². The molecule has 0 aliphatic carbocycles. The van der Waals surface area contributed by atoms with Crippen LogP contribution in [0.25, 0.3) is 0 Å². The number of halogens is 1. The Morgan fingerprint density at radius 3 is 2.29 bits per heavy atom. The number of benzene rings is 2. The van der Waals surface area contributed by atoms with E-state index < -0.39 is 6.04 Å². The summed E-state index contributed by atoms with van der Waals surface area (Å²) in [6, 6.07) is 14.1. The second-order valence-corrected chi connectivity index (χ2v) is 5.50. The highest BCUT2D eigenvalue weighted by atomic mass is 19.1. The molecular weight excluding hydrogens is 309 g/mol. The number of aliphatic hydroxyl groups is 1. The van der Waals surface area contributed by atoms with Crippen molar-refractivity contribution in [1.82, 2.24) is 5.32 Å². The van der Waals surface area contributed by atoms with Crippen LogP contribution >= 0.6 is 0 Å². The third-order valence-electron chi connectivity index (χ3n) is 3.69. The molecule has 0 aromatic heterocycles. The summed E-state index contributed by atoms with van der Waals surface area (Å²) >= 11 is 0. The Morgan fingerprint density at radius 2 is 1.67 bits per heavy atom. The molecule has 1 atom stereocenters. The Hall–Kier alpha value is -2.53. The third kappa shape index (κ3) is 5.28. The molecule has 2 aromatic carbocycles. The molecule has 126 valence electrons. The number of hydrogen-bond donors (Lipinski definition) is 2. The van der Waals surface area contributed by atoms with E-state index >= 15 is 0 Å². The highest BCUT2D eigenvalue weighted by Crippen LogP contribution is 2.13. The van der Waals surface area contributed by atoms with Crippen molar-refractivity contribution in [1.29, 1.82) is 0 Å². The molecule has 2 rings (SSSR count). The van der Waals surface area contributed by atoms with Crippen molar-refractivity contribution in [3.05, 3.63) is 71.5 Å². The second kappa shape index (κ2) is 8.93. The summed E-state index contributed by atoms with van der Waals surface area (Å²) in [5, 5.41) is 12.2. The van der Waals surface area contributed by atoms with Crippen LogP contribution in [0.1, 0.15) is 41.2 Å². The fourth-order valence-electron chi connectivity index (χ4n) is 2.38. The second-order valence-electron chi connectivity index (χ2n) is 5.50. The Kier molecular flexibility index (Phi) is 6.63. The van der Waals surface area contributed by atoms with E-state index in [1.165, 1.54) is 24.3 Å². The van der Waals surface area contributed by atoms with Crippen molar-refractivity contribution < 1.29 is 19.1 Å². The number of amides is 1. The van der Waals surface area contributed by atoms with Gasteiger partial charge in [0.15, 0.2) is 5.78 Å². The van der Waals surface area contributed by atoms with Crippen LogP contribution in [0, 0.1) is 5.82 Å². The topological polar surface area (TPSA) is 66.4 Å². The van der Waals surface area contributed by atoms with Crippen LogP contribution in [0.4, 0.5) is 4.39 Å². The molecule has 0 aliphatic rings. The first-order valence-corrected chi connectivity index (χ1v) is 7.84. The summed E-state index contributed by atoms with van der Waals surface area (Å²) in [6.45, 7) is -0.190. The maximum atomic E-state index is 12.8. The lowest BCUT2D eigenvalue weighted by molar-refractivity contribution is -0.122. The SMILES string of the molecule is O=C(CCCC(=O)c1ccc(F)cc1)NC(CO)c1ccccc1. The maximum absolute atomic E-state index is 12.8. The first-order chi connectivity index (χ1) is 11.6. The molecule has 0 heterocycles. The van der Waals surface area contributed by atoms with Gasteiger partial charge in [-0.05, 0) is 36.2 Å². The van der Waals surface area contributed by atoms with E-state index in [4.69, 9.17) is 0 Å². The quantitative estimate of drug-likeness (QED) is 0.732. The number of nitrogens with one attached hydrogen (secondary N) is 1. The zero-order valence-electron chi connectivity index (χ0n) is 13.2. The molecule has 0 bridgehead atoms. The van der Waals surface area contributed by atoms with E-state index in [0.29, 0.717) is 12.0 Å². The van der Waals surface area contributed by atoms with Gasteiger partial charge in [0.1, 0.15) is 5.82 Å². The van der Waals surface area contributed by atoms with Gasteiger partial charge in [0, 0.05) is 18.4 Å². The lowest BCUT2D eigenvalue weighted by Crippen LogP contribution is -2.30. The van der Waals surface area contributed by atoms with Gasteiger partial charge in [-0.3, -0.25) is 9.59 Å². The summed E-state index contributed by atoms with van der Waals surface area (Å²) in [7, 11) is 0. The van der Waals surface area contributed by atoms with Gasteiger partial charge >= 0.3 is 0 Å². The number of rotatable bonds is 8. The van der Waals surface area contributed by atoms with Crippen molar-refractivity contribution in [2.75, 3.05) is 6.61 Å². The fraction of sp³-hybridized carbons (Fsp3) is 0.263. The standard InChI is InChI=1S/C19H20FNO3/c20-16-11-9-15(10-12-16)18(23)7-4-8-19(24)21-17(13-22)14-5-2-1-3-6-14/h1-3,5-6,9-12,17,22H,4,7-8,13H2,(H,21,24). The third-order valence-corrected chi connectivity index (χ3v) is 3.69. The normalized spacial score (nSPS) is 11.8. The summed E-state index contributed by atoms with van der Waals surface area (Å²) in [4.78, 5) is 23.9. The Labute approximate surface area is 140 Å². The summed E-state index contributed by atoms with van der Waals surface area (Å²) < 4.78 is 12.8. The molecule has 2 N–H and O–H groups in total. The number of hydrogen-bond acceptors (Lipinski definition) is 3. The van der Waals surface area contributed by atoms with E-state index in [1.807, 2.05) is 30.3 Å². The van der Waals surface area contributed by atoms with E-state index in [1.54, 1.807) is 0 Å². The van der Waals surface area contributed by atoms with Crippen LogP contribution in [0.5, 0.6) is 0 Å². The molecule has 0 saturated heterocycles.